The molecule has 0 spiro atoms. The molecule has 1 fully saturated rings. The quantitative estimate of drug-likeness (QED) is 0.682. The molecular weight excluding hydrogens is 146 g/mol. The number of nitrogens with one attached hydrogen (secondary N) is 1. The normalized spacial score (nSPS) is 21.0. The Bertz CT molecular complexity index is 130. The van der Waals surface area contributed by atoms with Crippen molar-refractivity contribution in [2.75, 3.05) is 7.05 Å². The summed E-state index contributed by atoms with van der Waals surface area (Å²) in [7, 11) is 2.10. The van der Waals surface area contributed by atoms with E-state index in [1.54, 1.807) is 0 Å². The van der Waals surface area contributed by atoms with Gasteiger partial charge in [-0.25, -0.2) is 0 Å². The highest BCUT2D eigenvalue weighted by Gasteiger charge is 2.26. The van der Waals surface area contributed by atoms with E-state index in [-0.39, 0.29) is 0 Å². The van der Waals surface area contributed by atoms with Crippen molar-refractivity contribution in [3.63, 3.8) is 0 Å². The maximum atomic E-state index is 3.43. The van der Waals surface area contributed by atoms with Crippen LogP contribution in [0.25, 0.3) is 0 Å². The SMILES string of the molecule is CNC(CC1CC1)CC(C)(C)C. The third-order valence-electron chi connectivity index (χ3n) is 2.58. The Labute approximate surface area is 76.9 Å². The van der Waals surface area contributed by atoms with Crippen LogP contribution in [-0.4, -0.2) is 13.1 Å². The molecule has 1 rings (SSSR count). The molecule has 1 atom stereocenters. The van der Waals surface area contributed by atoms with Gasteiger partial charge in [0.25, 0.3) is 0 Å². The van der Waals surface area contributed by atoms with Crippen LogP contribution < -0.4 is 5.32 Å². The van der Waals surface area contributed by atoms with E-state index in [1.165, 1.54) is 25.7 Å². The minimum absolute atomic E-state index is 0.475. The van der Waals surface area contributed by atoms with Gasteiger partial charge in [-0.2, -0.15) is 0 Å². The fourth-order valence-corrected chi connectivity index (χ4v) is 1.80. The second kappa shape index (κ2) is 3.78. The molecule has 0 amide bonds. The molecule has 1 heteroatoms. The topological polar surface area (TPSA) is 12.0 Å². The summed E-state index contributed by atoms with van der Waals surface area (Å²) in [5, 5.41) is 3.43. The first-order chi connectivity index (χ1) is 5.51. The van der Waals surface area contributed by atoms with Gasteiger partial charge in [0.05, 0.1) is 0 Å². The van der Waals surface area contributed by atoms with Crippen LogP contribution in [0.5, 0.6) is 0 Å². The standard InChI is InChI=1S/C11H23N/c1-11(2,3)8-10(12-4)7-9-5-6-9/h9-10,12H,5-8H2,1-4H3. The van der Waals surface area contributed by atoms with Gasteiger partial charge in [-0.05, 0) is 31.2 Å². The highest BCUT2D eigenvalue weighted by atomic mass is 14.9. The minimum atomic E-state index is 0.475. The predicted octanol–water partition coefficient (Wildman–Crippen LogP) is 2.81. The van der Waals surface area contributed by atoms with E-state index in [9.17, 15) is 0 Å². The summed E-state index contributed by atoms with van der Waals surface area (Å²) in [6.07, 6.45) is 5.65. The van der Waals surface area contributed by atoms with Crippen LogP contribution in [0.3, 0.4) is 0 Å². The van der Waals surface area contributed by atoms with Crippen LogP contribution in [0.1, 0.15) is 46.5 Å². The highest BCUT2D eigenvalue weighted by molar-refractivity contribution is 4.82. The zero-order valence-corrected chi connectivity index (χ0v) is 8.98. The summed E-state index contributed by atoms with van der Waals surface area (Å²) < 4.78 is 0. The van der Waals surface area contributed by atoms with Crippen molar-refractivity contribution in [1.29, 1.82) is 0 Å². The van der Waals surface area contributed by atoms with E-state index in [0.29, 0.717) is 5.41 Å². The van der Waals surface area contributed by atoms with Crippen LogP contribution in [0.2, 0.25) is 0 Å². The predicted molar refractivity (Wildman–Crippen MR) is 54.3 cm³/mol. The molecule has 72 valence electrons. The maximum Gasteiger partial charge on any atom is 0.00716 e. The smallest absolute Gasteiger partial charge is 0.00716 e. The molecule has 1 nitrogen and oxygen atoms in total. The maximum absolute atomic E-state index is 3.43. The second-order valence-corrected chi connectivity index (χ2v) is 5.43. The molecule has 12 heavy (non-hydrogen) atoms. The van der Waals surface area contributed by atoms with Crippen molar-refractivity contribution >= 4 is 0 Å². The third kappa shape index (κ3) is 4.10. The highest BCUT2D eigenvalue weighted by Crippen LogP contribution is 2.35. The molecule has 1 N–H and O–H groups in total. The lowest BCUT2D eigenvalue weighted by molar-refractivity contribution is 0.301. The van der Waals surface area contributed by atoms with Gasteiger partial charge >= 0.3 is 0 Å². The van der Waals surface area contributed by atoms with E-state index in [0.717, 1.165) is 12.0 Å². The van der Waals surface area contributed by atoms with Crippen LogP contribution in [0.15, 0.2) is 0 Å². The van der Waals surface area contributed by atoms with Gasteiger partial charge < -0.3 is 5.32 Å². The molecule has 0 bridgehead atoms. The Morgan fingerprint density at radius 1 is 1.33 bits per heavy atom. The van der Waals surface area contributed by atoms with Gasteiger partial charge in [0.2, 0.25) is 0 Å². The Morgan fingerprint density at radius 3 is 2.25 bits per heavy atom. The summed E-state index contributed by atoms with van der Waals surface area (Å²) in [6, 6.07) is 0.748. The molecule has 0 aliphatic heterocycles. The molecular formula is C11H23N. The first-order valence-electron chi connectivity index (χ1n) is 5.18. The largest absolute Gasteiger partial charge is 0.317 e. The first-order valence-corrected chi connectivity index (χ1v) is 5.18. The van der Waals surface area contributed by atoms with Gasteiger partial charge in [0.1, 0.15) is 0 Å². The van der Waals surface area contributed by atoms with Crippen LogP contribution >= 0.6 is 0 Å². The average Bonchev–Trinajstić information content (AvgIpc) is 2.67. The minimum Gasteiger partial charge on any atom is -0.317 e. The van der Waals surface area contributed by atoms with Crippen molar-refractivity contribution in [3.05, 3.63) is 0 Å². The molecule has 0 aromatic carbocycles. The first kappa shape index (κ1) is 10.0. The van der Waals surface area contributed by atoms with Crippen molar-refractivity contribution in [2.24, 2.45) is 11.3 Å². The Hall–Kier alpha value is -0.0400. The van der Waals surface area contributed by atoms with Gasteiger partial charge in [0.15, 0.2) is 0 Å². The molecule has 0 saturated heterocycles. The van der Waals surface area contributed by atoms with E-state index >= 15 is 0 Å². The Kier molecular flexibility index (Phi) is 3.16. The molecule has 0 aromatic heterocycles. The summed E-state index contributed by atoms with van der Waals surface area (Å²) in [5.74, 6) is 1.05. The van der Waals surface area contributed by atoms with Gasteiger partial charge in [-0.3, -0.25) is 0 Å². The lowest BCUT2D eigenvalue weighted by Crippen LogP contribution is -2.30. The molecule has 1 aliphatic rings. The van der Waals surface area contributed by atoms with Gasteiger partial charge in [-0.15, -0.1) is 0 Å². The molecule has 1 unspecified atom stereocenters. The van der Waals surface area contributed by atoms with Crippen molar-refractivity contribution in [3.8, 4) is 0 Å². The number of hydrogen-bond acceptors (Lipinski definition) is 1. The van der Waals surface area contributed by atoms with Gasteiger partial charge in [-0.1, -0.05) is 33.6 Å². The summed E-state index contributed by atoms with van der Waals surface area (Å²) in [4.78, 5) is 0. The molecule has 0 heterocycles. The summed E-state index contributed by atoms with van der Waals surface area (Å²) >= 11 is 0. The summed E-state index contributed by atoms with van der Waals surface area (Å²) in [5.41, 5.74) is 0.475. The molecule has 1 aliphatic carbocycles. The van der Waals surface area contributed by atoms with Crippen LogP contribution in [0, 0.1) is 11.3 Å². The van der Waals surface area contributed by atoms with E-state index in [2.05, 4.69) is 33.1 Å². The van der Waals surface area contributed by atoms with E-state index in [1.807, 2.05) is 0 Å². The van der Waals surface area contributed by atoms with Crippen LogP contribution in [0.4, 0.5) is 0 Å². The number of hydrogen-bond donors (Lipinski definition) is 1. The van der Waals surface area contributed by atoms with E-state index < -0.39 is 0 Å². The average molecular weight is 169 g/mol. The lowest BCUT2D eigenvalue weighted by Gasteiger charge is -2.25. The van der Waals surface area contributed by atoms with Crippen molar-refractivity contribution < 1.29 is 0 Å². The zero-order valence-electron chi connectivity index (χ0n) is 8.98. The van der Waals surface area contributed by atoms with Crippen molar-refractivity contribution in [1.82, 2.24) is 5.32 Å². The van der Waals surface area contributed by atoms with Gasteiger partial charge in [0, 0.05) is 6.04 Å². The zero-order chi connectivity index (χ0) is 9.19. The fourth-order valence-electron chi connectivity index (χ4n) is 1.80. The number of rotatable bonds is 4. The van der Waals surface area contributed by atoms with E-state index in [4.69, 9.17) is 0 Å². The lowest BCUT2D eigenvalue weighted by atomic mass is 9.86. The molecule has 1 saturated carbocycles. The Balaban J connectivity index is 2.23. The summed E-state index contributed by atoms with van der Waals surface area (Å²) in [6.45, 7) is 6.97. The molecule has 0 aromatic rings. The third-order valence-corrected chi connectivity index (χ3v) is 2.58. The molecule has 0 radical (unpaired) electrons. The van der Waals surface area contributed by atoms with Crippen molar-refractivity contribution in [2.45, 2.75) is 52.5 Å². The monoisotopic (exact) mass is 169 g/mol. The fraction of sp³-hybridized carbons (Fsp3) is 1.00. The second-order valence-electron chi connectivity index (χ2n) is 5.43. The Morgan fingerprint density at radius 2 is 1.92 bits per heavy atom. The van der Waals surface area contributed by atoms with Crippen LogP contribution in [-0.2, 0) is 0 Å².